The smallest absolute Gasteiger partial charge is 0.338 e. The normalized spacial score (nSPS) is 12.9. The summed E-state index contributed by atoms with van der Waals surface area (Å²) in [6, 6.07) is 8.38. The van der Waals surface area contributed by atoms with Crippen molar-refractivity contribution in [1.29, 1.82) is 0 Å². The van der Waals surface area contributed by atoms with Crippen molar-refractivity contribution >= 4 is 36.6 Å². The molecule has 1 amide bonds. The van der Waals surface area contributed by atoms with Crippen molar-refractivity contribution in [3.05, 3.63) is 52.6 Å². The molecule has 0 fully saturated rings. The Balaban J connectivity index is 1.92. The lowest BCUT2D eigenvalue weighted by atomic mass is 9.88. The molecule has 2 aromatic heterocycles. The van der Waals surface area contributed by atoms with E-state index in [1.165, 1.54) is 17.8 Å². The molecule has 13 nitrogen and oxygen atoms in total. The first kappa shape index (κ1) is 28.2. The fourth-order valence-corrected chi connectivity index (χ4v) is 4.53. The number of aromatic amines is 1. The first-order valence-electron chi connectivity index (χ1n) is 11.6. The van der Waals surface area contributed by atoms with Crippen LogP contribution in [0.5, 0.6) is 0 Å². The van der Waals surface area contributed by atoms with Crippen molar-refractivity contribution in [2.45, 2.75) is 58.5 Å². The number of imidazole rings is 1. The fraction of sp³-hybridized carbons (Fsp3) is 0.435. The van der Waals surface area contributed by atoms with E-state index in [-0.39, 0.29) is 30.3 Å². The molecule has 0 bridgehead atoms. The molecular weight excluding hydrogens is 505 g/mol. The predicted molar refractivity (Wildman–Crippen MR) is 134 cm³/mol. The molecule has 0 spiro atoms. The predicted octanol–water partition coefficient (Wildman–Crippen LogP) is 2.40. The Kier molecular flexibility index (Phi) is 8.98. The quantitative estimate of drug-likeness (QED) is 0.198. The first-order chi connectivity index (χ1) is 17.5. The van der Waals surface area contributed by atoms with Crippen molar-refractivity contribution in [3.63, 3.8) is 0 Å². The largest absolute Gasteiger partial charge is 0.453 e. The van der Waals surface area contributed by atoms with Gasteiger partial charge in [0.2, 0.25) is 11.9 Å². The van der Waals surface area contributed by atoms with E-state index < -0.39 is 42.9 Å². The highest BCUT2D eigenvalue weighted by atomic mass is 31.2. The highest BCUT2D eigenvalue weighted by Gasteiger charge is 2.41. The third-order valence-electron chi connectivity index (χ3n) is 5.96. The summed E-state index contributed by atoms with van der Waals surface area (Å²) in [6.07, 6.45) is 0.424. The second kappa shape index (κ2) is 11.8. The van der Waals surface area contributed by atoms with Crippen LogP contribution in [0, 0.1) is 0 Å². The average molecular weight is 535 g/mol. The van der Waals surface area contributed by atoms with Crippen LogP contribution in [0.15, 0.2) is 41.5 Å². The third kappa shape index (κ3) is 7.10. The summed E-state index contributed by atoms with van der Waals surface area (Å²) in [4.78, 5) is 66.4. The topological polar surface area (TPSA) is 186 Å². The lowest BCUT2D eigenvalue weighted by Gasteiger charge is -2.39. The molecule has 200 valence electrons. The summed E-state index contributed by atoms with van der Waals surface area (Å²) in [5.41, 5.74) is -1.31. The van der Waals surface area contributed by atoms with Crippen molar-refractivity contribution in [2.24, 2.45) is 0 Å². The maximum Gasteiger partial charge on any atom is 0.338 e. The van der Waals surface area contributed by atoms with Gasteiger partial charge in [-0.15, -0.1) is 0 Å². The summed E-state index contributed by atoms with van der Waals surface area (Å²) in [6.45, 7) is 4.64. The van der Waals surface area contributed by atoms with Gasteiger partial charge < -0.3 is 19.3 Å². The van der Waals surface area contributed by atoms with E-state index in [0.717, 1.165) is 0 Å². The first-order valence-corrected chi connectivity index (χ1v) is 13.4. The molecule has 0 aliphatic heterocycles. The number of H-pyrrole nitrogens is 1. The zero-order valence-electron chi connectivity index (χ0n) is 20.7. The number of nitrogens with one attached hydrogen (secondary N) is 2. The van der Waals surface area contributed by atoms with Gasteiger partial charge in [0, 0.05) is 6.92 Å². The minimum atomic E-state index is -4.39. The Morgan fingerprint density at radius 1 is 1.22 bits per heavy atom. The fourth-order valence-electron chi connectivity index (χ4n) is 3.96. The molecule has 0 saturated carbocycles. The number of ether oxygens (including phenoxy) is 2. The van der Waals surface area contributed by atoms with Crippen LogP contribution >= 0.6 is 7.60 Å². The molecule has 1 atom stereocenters. The van der Waals surface area contributed by atoms with Crippen molar-refractivity contribution in [1.82, 2.24) is 19.5 Å². The molecule has 0 aliphatic carbocycles. The lowest BCUT2D eigenvalue weighted by molar-refractivity contribution is -0.137. The van der Waals surface area contributed by atoms with Crippen LogP contribution < -0.4 is 10.9 Å². The van der Waals surface area contributed by atoms with Gasteiger partial charge in [0.1, 0.15) is 18.4 Å². The summed E-state index contributed by atoms with van der Waals surface area (Å²) in [5, 5.41) is 2.40. The van der Waals surface area contributed by atoms with Crippen LogP contribution in [0.25, 0.3) is 11.2 Å². The number of nitrogens with zero attached hydrogens (tertiary/aromatic N) is 3. The van der Waals surface area contributed by atoms with Gasteiger partial charge in [0.15, 0.2) is 11.2 Å². The molecule has 4 N–H and O–H groups in total. The standard InChI is InChI=1S/C23H30N5O8P/c1-4-23(5-2,36-21(31)16-9-7-6-8-10-16)17(11-12-37(32,33)34)35-14-28-13-24-18-19(28)26-22(25-15(3)29)27-20(18)30/h6-10,13,17H,4-5,11-12,14H2,1-3H3,(H2,32,33,34)(H2,25,26,27,29,30)/t17-/m1/s1. The summed E-state index contributed by atoms with van der Waals surface area (Å²) >= 11 is 0. The number of esters is 1. The molecule has 0 saturated heterocycles. The monoisotopic (exact) mass is 535 g/mol. The average Bonchev–Trinajstić information content (AvgIpc) is 3.25. The molecule has 0 unspecified atom stereocenters. The molecule has 3 aromatic rings. The van der Waals surface area contributed by atoms with Gasteiger partial charge in [-0.05, 0) is 31.4 Å². The number of fused-ring (bicyclic) bond motifs is 1. The molecule has 2 heterocycles. The molecule has 14 heteroatoms. The van der Waals surface area contributed by atoms with Crippen molar-refractivity contribution in [2.75, 3.05) is 11.5 Å². The highest BCUT2D eigenvalue weighted by molar-refractivity contribution is 7.51. The number of carbonyl (C=O) groups is 2. The number of hydrogen-bond acceptors (Lipinski definition) is 8. The van der Waals surface area contributed by atoms with E-state index in [4.69, 9.17) is 9.47 Å². The maximum absolute atomic E-state index is 12.9. The lowest BCUT2D eigenvalue weighted by Crippen LogP contribution is -2.47. The number of anilines is 1. The zero-order chi connectivity index (χ0) is 27.2. The van der Waals surface area contributed by atoms with Gasteiger partial charge in [0.25, 0.3) is 5.56 Å². The van der Waals surface area contributed by atoms with Gasteiger partial charge in [-0.2, -0.15) is 4.98 Å². The molecule has 37 heavy (non-hydrogen) atoms. The Morgan fingerprint density at radius 2 is 1.89 bits per heavy atom. The van der Waals surface area contributed by atoms with E-state index in [1.54, 1.807) is 44.2 Å². The van der Waals surface area contributed by atoms with Crippen LogP contribution in [0.1, 0.15) is 50.4 Å². The molecule has 3 rings (SSSR count). The van der Waals surface area contributed by atoms with E-state index in [2.05, 4.69) is 20.3 Å². The van der Waals surface area contributed by atoms with Crippen LogP contribution in [0.4, 0.5) is 5.95 Å². The van der Waals surface area contributed by atoms with Gasteiger partial charge in [0.05, 0.1) is 18.1 Å². The van der Waals surface area contributed by atoms with E-state index >= 15 is 0 Å². The highest BCUT2D eigenvalue weighted by Crippen LogP contribution is 2.39. The number of aromatic nitrogens is 4. The SMILES string of the molecule is CCC(CC)(OC(=O)c1ccccc1)[C@@H](CCP(=O)(O)O)OCn1cnc2c(=O)[nH]c(NC(C)=O)nc21. The van der Waals surface area contributed by atoms with Gasteiger partial charge in [-0.3, -0.25) is 29.0 Å². The number of benzene rings is 1. The van der Waals surface area contributed by atoms with E-state index in [0.29, 0.717) is 18.4 Å². The van der Waals surface area contributed by atoms with Crippen LogP contribution in [0.2, 0.25) is 0 Å². The third-order valence-corrected chi connectivity index (χ3v) is 6.80. The van der Waals surface area contributed by atoms with Crippen molar-refractivity contribution < 1.29 is 33.4 Å². The zero-order valence-corrected chi connectivity index (χ0v) is 21.6. The number of amides is 1. The summed E-state index contributed by atoms with van der Waals surface area (Å²) < 4.78 is 25.1. The second-order valence-corrected chi connectivity index (χ2v) is 10.2. The van der Waals surface area contributed by atoms with Gasteiger partial charge in [-0.25, -0.2) is 9.78 Å². The van der Waals surface area contributed by atoms with Gasteiger partial charge in [-0.1, -0.05) is 32.0 Å². The molecule has 0 aliphatic rings. The van der Waals surface area contributed by atoms with Crippen molar-refractivity contribution in [3.8, 4) is 0 Å². The number of hydrogen-bond donors (Lipinski definition) is 4. The minimum absolute atomic E-state index is 0.0113. The van der Waals surface area contributed by atoms with Crippen LogP contribution in [-0.4, -0.2) is 59.0 Å². The Hall–Kier alpha value is -3.38. The maximum atomic E-state index is 12.9. The van der Waals surface area contributed by atoms with E-state index in [1.807, 2.05) is 0 Å². The molecule has 1 aromatic carbocycles. The Bertz CT molecular complexity index is 1350. The Labute approximate surface area is 212 Å². The molecular formula is C23H30N5O8P. The van der Waals surface area contributed by atoms with E-state index in [9.17, 15) is 28.7 Å². The number of rotatable bonds is 12. The summed E-state index contributed by atoms with van der Waals surface area (Å²) in [5.74, 6) is -1.09. The Morgan fingerprint density at radius 3 is 2.49 bits per heavy atom. The minimum Gasteiger partial charge on any atom is -0.453 e. The van der Waals surface area contributed by atoms with Crippen LogP contribution in [0.3, 0.4) is 0 Å². The van der Waals surface area contributed by atoms with Gasteiger partial charge >= 0.3 is 13.6 Å². The number of carbonyl (C=O) groups excluding carboxylic acids is 2. The molecule has 0 radical (unpaired) electrons. The second-order valence-electron chi connectivity index (χ2n) is 8.47. The van der Waals surface area contributed by atoms with Crippen LogP contribution in [-0.2, 0) is 25.6 Å². The summed E-state index contributed by atoms with van der Waals surface area (Å²) in [7, 11) is -4.39.